The Bertz CT molecular complexity index is 350. The maximum Gasteiger partial charge on any atom is 0.310 e. The summed E-state index contributed by atoms with van der Waals surface area (Å²) in [6.45, 7) is 0. The topological polar surface area (TPSA) is 54.4 Å². The number of fused-ring (bicyclic) bond motifs is 2. The van der Waals surface area contributed by atoms with Gasteiger partial charge in [-0.3, -0.25) is 9.59 Å². The summed E-state index contributed by atoms with van der Waals surface area (Å²) < 4.78 is 0. The SMILES string of the molecule is O=C(O)CC(=O)C1C2=CC=C1C=C2. The minimum absolute atomic E-state index is 0.229. The molecule has 2 aliphatic rings. The maximum atomic E-state index is 11.4. The molecule has 0 amide bonds. The first-order chi connectivity index (χ1) is 6.18. The fourth-order valence-electron chi connectivity index (χ4n) is 1.70. The Hall–Kier alpha value is -1.64. The van der Waals surface area contributed by atoms with Crippen LogP contribution in [0, 0.1) is 5.92 Å². The molecule has 3 heteroatoms. The second kappa shape index (κ2) is 2.69. The van der Waals surface area contributed by atoms with E-state index in [4.69, 9.17) is 5.11 Å². The van der Waals surface area contributed by atoms with Gasteiger partial charge in [0.25, 0.3) is 0 Å². The van der Waals surface area contributed by atoms with E-state index in [2.05, 4.69) is 0 Å². The molecule has 0 saturated carbocycles. The predicted octanol–water partition coefficient (Wildman–Crippen LogP) is 1.08. The summed E-state index contributed by atoms with van der Waals surface area (Å²) in [7, 11) is 0. The summed E-state index contributed by atoms with van der Waals surface area (Å²) in [5, 5.41) is 8.46. The molecule has 0 unspecified atom stereocenters. The number of carboxylic acids is 1. The van der Waals surface area contributed by atoms with Crippen LogP contribution in [-0.2, 0) is 9.59 Å². The number of Topliss-reactive ketones (excluding diaryl/α,β-unsaturated/α-hetero) is 1. The van der Waals surface area contributed by atoms with Crippen LogP contribution in [0.4, 0.5) is 0 Å². The van der Waals surface area contributed by atoms with Crippen LogP contribution in [0.2, 0.25) is 0 Å². The number of carboxylic acid groups (broad SMARTS) is 1. The van der Waals surface area contributed by atoms with Crippen LogP contribution in [0.25, 0.3) is 0 Å². The van der Waals surface area contributed by atoms with Gasteiger partial charge in [0.15, 0.2) is 5.78 Å². The summed E-state index contributed by atoms with van der Waals surface area (Å²) in [5.74, 6) is -1.58. The van der Waals surface area contributed by atoms with Gasteiger partial charge < -0.3 is 5.11 Å². The van der Waals surface area contributed by atoms with Crippen LogP contribution in [0.5, 0.6) is 0 Å². The first-order valence-electron chi connectivity index (χ1n) is 4.03. The van der Waals surface area contributed by atoms with Crippen molar-refractivity contribution in [2.75, 3.05) is 0 Å². The Labute approximate surface area is 75.1 Å². The van der Waals surface area contributed by atoms with Gasteiger partial charge >= 0.3 is 5.97 Å². The van der Waals surface area contributed by atoms with Gasteiger partial charge in [-0.15, -0.1) is 0 Å². The Morgan fingerprint density at radius 2 is 1.77 bits per heavy atom. The molecule has 3 nitrogen and oxygen atoms in total. The lowest BCUT2D eigenvalue weighted by molar-refractivity contribution is -0.140. The Morgan fingerprint density at radius 1 is 1.23 bits per heavy atom. The largest absolute Gasteiger partial charge is 0.481 e. The van der Waals surface area contributed by atoms with Crippen molar-refractivity contribution in [3.63, 3.8) is 0 Å². The lowest BCUT2D eigenvalue weighted by Gasteiger charge is -2.06. The number of aliphatic carboxylic acids is 1. The fraction of sp³-hybridized carbons (Fsp3) is 0.200. The quantitative estimate of drug-likeness (QED) is 0.654. The molecule has 0 aromatic heterocycles. The van der Waals surface area contributed by atoms with E-state index in [0.717, 1.165) is 11.1 Å². The van der Waals surface area contributed by atoms with Gasteiger partial charge in [-0.25, -0.2) is 0 Å². The van der Waals surface area contributed by atoms with E-state index in [0.29, 0.717) is 0 Å². The van der Waals surface area contributed by atoms with Gasteiger partial charge in [0, 0.05) is 0 Å². The van der Waals surface area contributed by atoms with Gasteiger partial charge in [0.05, 0.1) is 5.92 Å². The monoisotopic (exact) mass is 176 g/mol. The van der Waals surface area contributed by atoms with E-state index in [-0.39, 0.29) is 18.1 Å². The van der Waals surface area contributed by atoms with Crippen molar-refractivity contribution in [3.05, 3.63) is 35.5 Å². The molecule has 0 spiro atoms. The second-order valence-corrected chi connectivity index (χ2v) is 3.14. The van der Waals surface area contributed by atoms with E-state index in [9.17, 15) is 9.59 Å². The van der Waals surface area contributed by atoms with Gasteiger partial charge in [-0.2, -0.15) is 0 Å². The highest BCUT2D eigenvalue weighted by Crippen LogP contribution is 2.36. The molecule has 13 heavy (non-hydrogen) atoms. The first kappa shape index (κ1) is 7.98. The van der Waals surface area contributed by atoms with E-state index in [1.807, 2.05) is 24.3 Å². The molecule has 2 bridgehead atoms. The molecule has 0 aromatic carbocycles. The highest BCUT2D eigenvalue weighted by molar-refractivity contribution is 6.00. The van der Waals surface area contributed by atoms with Gasteiger partial charge in [-0.1, -0.05) is 24.3 Å². The van der Waals surface area contributed by atoms with Crippen molar-refractivity contribution < 1.29 is 14.7 Å². The molecule has 2 aliphatic carbocycles. The summed E-state index contributed by atoms with van der Waals surface area (Å²) >= 11 is 0. The lowest BCUT2D eigenvalue weighted by atomic mass is 9.95. The van der Waals surface area contributed by atoms with E-state index < -0.39 is 5.97 Å². The van der Waals surface area contributed by atoms with Crippen molar-refractivity contribution >= 4 is 11.8 Å². The average molecular weight is 176 g/mol. The van der Waals surface area contributed by atoms with Crippen LogP contribution in [-0.4, -0.2) is 16.9 Å². The molecule has 0 heterocycles. The predicted molar refractivity (Wildman–Crippen MR) is 46.1 cm³/mol. The molecule has 0 aromatic rings. The van der Waals surface area contributed by atoms with Crippen LogP contribution < -0.4 is 0 Å². The zero-order chi connectivity index (χ0) is 9.42. The molecule has 1 N–H and O–H groups in total. The van der Waals surface area contributed by atoms with Crippen molar-refractivity contribution in [3.8, 4) is 0 Å². The van der Waals surface area contributed by atoms with Crippen LogP contribution >= 0.6 is 0 Å². The zero-order valence-corrected chi connectivity index (χ0v) is 6.86. The molecule has 0 atom stereocenters. The number of carbonyl (C=O) groups excluding carboxylic acids is 1. The summed E-state index contributed by atoms with van der Waals surface area (Å²) in [6.07, 6.45) is 7.06. The van der Waals surface area contributed by atoms with Crippen LogP contribution in [0.1, 0.15) is 6.42 Å². The smallest absolute Gasteiger partial charge is 0.310 e. The molecule has 0 radical (unpaired) electrons. The fourth-order valence-corrected chi connectivity index (χ4v) is 1.70. The maximum absolute atomic E-state index is 11.4. The Morgan fingerprint density at radius 3 is 2.15 bits per heavy atom. The Kier molecular flexibility index (Phi) is 1.65. The van der Waals surface area contributed by atoms with E-state index in [1.165, 1.54) is 0 Å². The molecule has 66 valence electrons. The minimum Gasteiger partial charge on any atom is -0.481 e. The normalized spacial score (nSPS) is 18.8. The number of rotatable bonds is 3. The standard InChI is InChI=1S/C10H8O3/c11-8(5-9(12)13)10-6-1-2-7(10)4-3-6/h1-4,10H,5H2,(H,12,13). The van der Waals surface area contributed by atoms with Gasteiger partial charge in [0.1, 0.15) is 6.42 Å². The van der Waals surface area contributed by atoms with Crippen LogP contribution in [0.15, 0.2) is 35.5 Å². The van der Waals surface area contributed by atoms with E-state index in [1.54, 1.807) is 0 Å². The third-order valence-electron chi connectivity index (χ3n) is 2.25. The summed E-state index contributed by atoms with van der Waals surface area (Å²) in [5.41, 5.74) is 1.84. The number of carbonyl (C=O) groups is 2. The number of ketones is 1. The summed E-state index contributed by atoms with van der Waals surface area (Å²) in [6, 6.07) is 0. The molecule has 2 rings (SSSR count). The first-order valence-corrected chi connectivity index (χ1v) is 4.03. The number of hydrogen-bond acceptors (Lipinski definition) is 2. The lowest BCUT2D eigenvalue weighted by Crippen LogP contribution is -2.16. The van der Waals surface area contributed by atoms with Crippen molar-refractivity contribution in [1.29, 1.82) is 0 Å². The molecular weight excluding hydrogens is 168 g/mol. The van der Waals surface area contributed by atoms with Gasteiger partial charge in [0.2, 0.25) is 0 Å². The van der Waals surface area contributed by atoms with Crippen molar-refractivity contribution in [1.82, 2.24) is 0 Å². The Balaban J connectivity index is 2.14. The average Bonchev–Trinajstić information content (AvgIpc) is 2.60. The van der Waals surface area contributed by atoms with Crippen molar-refractivity contribution in [2.24, 2.45) is 5.92 Å². The van der Waals surface area contributed by atoms with Crippen LogP contribution in [0.3, 0.4) is 0 Å². The molecule has 0 fully saturated rings. The highest BCUT2D eigenvalue weighted by atomic mass is 16.4. The minimum atomic E-state index is -1.06. The number of hydrogen-bond donors (Lipinski definition) is 1. The third-order valence-corrected chi connectivity index (χ3v) is 2.25. The van der Waals surface area contributed by atoms with E-state index >= 15 is 0 Å². The molecule has 0 saturated heterocycles. The zero-order valence-electron chi connectivity index (χ0n) is 6.86. The number of allylic oxidation sites excluding steroid dienone is 6. The molecule has 0 aliphatic heterocycles. The molecular formula is C10H8O3. The van der Waals surface area contributed by atoms with Crippen molar-refractivity contribution in [2.45, 2.75) is 6.42 Å². The second-order valence-electron chi connectivity index (χ2n) is 3.14. The summed E-state index contributed by atoms with van der Waals surface area (Å²) in [4.78, 5) is 21.7. The van der Waals surface area contributed by atoms with Gasteiger partial charge in [-0.05, 0) is 11.1 Å². The third kappa shape index (κ3) is 1.22. The highest BCUT2D eigenvalue weighted by Gasteiger charge is 2.31.